The van der Waals surface area contributed by atoms with E-state index in [1.165, 1.54) is 25.7 Å². The van der Waals surface area contributed by atoms with Gasteiger partial charge in [-0.05, 0) is 50.9 Å². The normalized spacial score (nSPS) is 17.9. The third kappa shape index (κ3) is 4.03. The molecule has 0 radical (unpaired) electrons. The molecule has 1 saturated carbocycles. The zero-order chi connectivity index (χ0) is 14.5. The first-order valence-corrected chi connectivity index (χ1v) is 7.77. The highest BCUT2D eigenvalue weighted by Crippen LogP contribution is 2.22. The Morgan fingerprint density at radius 1 is 1.35 bits per heavy atom. The van der Waals surface area contributed by atoms with Gasteiger partial charge in [-0.25, -0.2) is 4.39 Å². The second-order valence-electron chi connectivity index (χ2n) is 6.10. The molecule has 2 rings (SSSR count). The summed E-state index contributed by atoms with van der Waals surface area (Å²) >= 11 is 0. The lowest BCUT2D eigenvalue weighted by Crippen LogP contribution is -2.36. The smallest absolute Gasteiger partial charge is 0.126 e. The number of nitrogens with zero attached hydrogens (tertiary/aromatic N) is 1. The second-order valence-corrected chi connectivity index (χ2v) is 6.10. The number of aryl methyl sites for hydroxylation is 1. The molecule has 1 aromatic rings. The van der Waals surface area contributed by atoms with Gasteiger partial charge < -0.3 is 10.2 Å². The van der Waals surface area contributed by atoms with Crippen LogP contribution in [0, 0.1) is 12.7 Å². The van der Waals surface area contributed by atoms with Crippen molar-refractivity contribution in [2.75, 3.05) is 20.1 Å². The van der Waals surface area contributed by atoms with Gasteiger partial charge in [0, 0.05) is 25.2 Å². The lowest BCUT2D eigenvalue weighted by Gasteiger charge is -2.25. The van der Waals surface area contributed by atoms with Gasteiger partial charge in [0.15, 0.2) is 0 Å². The Hall–Kier alpha value is -0.930. The van der Waals surface area contributed by atoms with E-state index in [1.54, 1.807) is 13.0 Å². The molecule has 112 valence electrons. The van der Waals surface area contributed by atoms with Crippen LogP contribution < -0.4 is 5.32 Å². The van der Waals surface area contributed by atoms with Crippen molar-refractivity contribution in [2.24, 2.45) is 0 Å². The average Bonchev–Trinajstić information content (AvgIpc) is 2.95. The first-order valence-electron chi connectivity index (χ1n) is 7.77. The van der Waals surface area contributed by atoms with Gasteiger partial charge >= 0.3 is 0 Å². The third-order valence-electron chi connectivity index (χ3n) is 4.56. The van der Waals surface area contributed by atoms with Crippen LogP contribution >= 0.6 is 0 Å². The molecule has 3 heteroatoms. The van der Waals surface area contributed by atoms with Crippen LogP contribution in [0.2, 0.25) is 0 Å². The van der Waals surface area contributed by atoms with E-state index in [2.05, 4.69) is 24.2 Å². The van der Waals surface area contributed by atoms with Gasteiger partial charge in [0.05, 0.1) is 0 Å². The third-order valence-corrected chi connectivity index (χ3v) is 4.56. The number of halogens is 1. The van der Waals surface area contributed by atoms with Gasteiger partial charge in [0.1, 0.15) is 5.82 Å². The van der Waals surface area contributed by atoms with Gasteiger partial charge in [-0.15, -0.1) is 0 Å². The topological polar surface area (TPSA) is 15.3 Å². The molecule has 0 aromatic heterocycles. The number of hydrogen-bond donors (Lipinski definition) is 1. The summed E-state index contributed by atoms with van der Waals surface area (Å²) in [6, 6.07) is 6.48. The zero-order valence-corrected chi connectivity index (χ0v) is 13.0. The molecule has 1 unspecified atom stereocenters. The van der Waals surface area contributed by atoms with Crippen LogP contribution in [0.5, 0.6) is 0 Å². The fraction of sp³-hybridized carbons (Fsp3) is 0.647. The quantitative estimate of drug-likeness (QED) is 0.854. The highest BCUT2D eigenvalue weighted by molar-refractivity contribution is 5.25. The molecule has 1 aliphatic carbocycles. The molecule has 0 amide bonds. The number of benzene rings is 1. The minimum atomic E-state index is -0.112. The van der Waals surface area contributed by atoms with E-state index in [0.29, 0.717) is 5.56 Å². The maximum atomic E-state index is 13.6. The van der Waals surface area contributed by atoms with Gasteiger partial charge in [0.25, 0.3) is 0 Å². The van der Waals surface area contributed by atoms with E-state index >= 15 is 0 Å². The van der Waals surface area contributed by atoms with Crippen molar-refractivity contribution in [3.63, 3.8) is 0 Å². The second kappa shape index (κ2) is 7.19. The largest absolute Gasteiger partial charge is 0.309 e. The van der Waals surface area contributed by atoms with Gasteiger partial charge in [-0.1, -0.05) is 25.0 Å². The molecule has 20 heavy (non-hydrogen) atoms. The van der Waals surface area contributed by atoms with Gasteiger partial charge in [0.2, 0.25) is 0 Å². The number of likely N-dealkylation sites (N-methyl/N-ethyl adjacent to an activating group) is 1. The highest BCUT2D eigenvalue weighted by Gasteiger charge is 2.19. The van der Waals surface area contributed by atoms with Crippen LogP contribution in [0.3, 0.4) is 0 Å². The van der Waals surface area contributed by atoms with Crippen molar-refractivity contribution in [3.8, 4) is 0 Å². The van der Waals surface area contributed by atoms with Crippen LogP contribution in [0.25, 0.3) is 0 Å². The zero-order valence-electron chi connectivity index (χ0n) is 13.0. The Bertz CT molecular complexity index is 427. The lowest BCUT2D eigenvalue weighted by molar-refractivity contribution is 0.243. The summed E-state index contributed by atoms with van der Waals surface area (Å²) in [6.07, 6.45) is 5.44. The van der Waals surface area contributed by atoms with E-state index in [1.807, 2.05) is 12.1 Å². The number of hydrogen-bond acceptors (Lipinski definition) is 2. The monoisotopic (exact) mass is 278 g/mol. The Labute approximate surface area is 122 Å². The van der Waals surface area contributed by atoms with Crippen LogP contribution in [0.1, 0.15) is 49.8 Å². The average molecular weight is 278 g/mol. The van der Waals surface area contributed by atoms with E-state index in [-0.39, 0.29) is 11.9 Å². The summed E-state index contributed by atoms with van der Waals surface area (Å²) in [6.45, 7) is 5.90. The Morgan fingerprint density at radius 2 is 2.05 bits per heavy atom. The fourth-order valence-corrected chi connectivity index (χ4v) is 2.98. The molecule has 0 aliphatic heterocycles. The summed E-state index contributed by atoms with van der Waals surface area (Å²) in [7, 11) is 2.22. The summed E-state index contributed by atoms with van der Waals surface area (Å²) in [5.74, 6) is -0.112. The van der Waals surface area contributed by atoms with Crippen LogP contribution in [0.15, 0.2) is 18.2 Å². The van der Waals surface area contributed by atoms with Crippen molar-refractivity contribution >= 4 is 0 Å². The molecule has 1 fully saturated rings. The van der Waals surface area contributed by atoms with E-state index in [0.717, 1.165) is 24.7 Å². The van der Waals surface area contributed by atoms with E-state index in [9.17, 15) is 4.39 Å². The standard InChI is InChI=1S/C17H27FN2/c1-13-8-9-15(12-17(13)18)14(2)19-10-11-20(3)16-6-4-5-7-16/h8-9,12,14,16,19H,4-7,10-11H2,1-3H3. The lowest BCUT2D eigenvalue weighted by atomic mass is 10.1. The molecular weight excluding hydrogens is 251 g/mol. The van der Waals surface area contributed by atoms with Crippen molar-refractivity contribution in [1.82, 2.24) is 10.2 Å². The SMILES string of the molecule is Cc1ccc(C(C)NCCN(C)C2CCCC2)cc1F. The minimum absolute atomic E-state index is 0.112. The maximum Gasteiger partial charge on any atom is 0.126 e. The molecule has 1 N–H and O–H groups in total. The van der Waals surface area contributed by atoms with Gasteiger partial charge in [-0.2, -0.15) is 0 Å². The Kier molecular flexibility index (Phi) is 5.55. The van der Waals surface area contributed by atoms with Gasteiger partial charge in [-0.3, -0.25) is 0 Å². The molecule has 0 bridgehead atoms. The first kappa shape index (κ1) is 15.5. The molecular formula is C17H27FN2. The van der Waals surface area contributed by atoms with Crippen LogP contribution in [-0.4, -0.2) is 31.1 Å². The fourth-order valence-electron chi connectivity index (χ4n) is 2.98. The number of rotatable bonds is 6. The molecule has 1 aromatic carbocycles. The molecule has 0 heterocycles. The van der Waals surface area contributed by atoms with Crippen molar-refractivity contribution < 1.29 is 4.39 Å². The summed E-state index contributed by atoms with van der Waals surface area (Å²) < 4.78 is 13.6. The summed E-state index contributed by atoms with van der Waals surface area (Å²) in [4.78, 5) is 2.46. The van der Waals surface area contributed by atoms with Crippen molar-refractivity contribution in [3.05, 3.63) is 35.1 Å². The molecule has 2 nitrogen and oxygen atoms in total. The molecule has 1 atom stereocenters. The minimum Gasteiger partial charge on any atom is -0.309 e. The predicted octanol–water partition coefficient (Wildman–Crippen LogP) is 3.66. The molecule has 0 spiro atoms. The highest BCUT2D eigenvalue weighted by atomic mass is 19.1. The maximum absolute atomic E-state index is 13.6. The predicted molar refractivity (Wildman–Crippen MR) is 82.4 cm³/mol. The van der Waals surface area contributed by atoms with Crippen LogP contribution in [-0.2, 0) is 0 Å². The van der Waals surface area contributed by atoms with Crippen molar-refractivity contribution in [2.45, 2.75) is 51.6 Å². The van der Waals surface area contributed by atoms with E-state index in [4.69, 9.17) is 0 Å². The summed E-state index contributed by atoms with van der Waals surface area (Å²) in [5, 5.41) is 3.49. The van der Waals surface area contributed by atoms with E-state index < -0.39 is 0 Å². The number of nitrogens with one attached hydrogen (secondary N) is 1. The Balaban J connectivity index is 1.76. The van der Waals surface area contributed by atoms with Crippen molar-refractivity contribution in [1.29, 1.82) is 0 Å². The Morgan fingerprint density at radius 3 is 2.70 bits per heavy atom. The molecule has 0 saturated heterocycles. The molecule has 1 aliphatic rings. The summed E-state index contributed by atoms with van der Waals surface area (Å²) in [5.41, 5.74) is 1.73. The van der Waals surface area contributed by atoms with Crippen LogP contribution in [0.4, 0.5) is 4.39 Å². The first-order chi connectivity index (χ1) is 9.58.